The SMILES string of the molecule is CC(=O)N(CCC(=O)Nc1c(C(C)C)cccc1C(C)C)c1cccc(C#N)c1. The number of anilines is 2. The van der Waals surface area contributed by atoms with E-state index >= 15 is 0 Å². The van der Waals surface area contributed by atoms with Gasteiger partial charge in [0.05, 0.1) is 11.6 Å². The van der Waals surface area contributed by atoms with E-state index in [1.807, 2.05) is 18.2 Å². The molecule has 0 radical (unpaired) electrons. The Morgan fingerprint density at radius 2 is 1.62 bits per heavy atom. The van der Waals surface area contributed by atoms with Crippen LogP contribution in [0.5, 0.6) is 0 Å². The number of nitriles is 1. The molecule has 0 saturated heterocycles. The van der Waals surface area contributed by atoms with Gasteiger partial charge in [0.15, 0.2) is 0 Å². The molecule has 2 aromatic rings. The third-order valence-electron chi connectivity index (χ3n) is 4.87. The molecule has 0 saturated carbocycles. The molecule has 5 heteroatoms. The molecule has 0 aliphatic carbocycles. The second-order valence-corrected chi connectivity index (χ2v) is 7.75. The number of benzene rings is 2. The van der Waals surface area contributed by atoms with Crippen molar-refractivity contribution in [3.8, 4) is 6.07 Å². The van der Waals surface area contributed by atoms with E-state index in [1.165, 1.54) is 11.8 Å². The molecule has 0 bridgehead atoms. The second kappa shape index (κ2) is 9.88. The number of carbonyl (C=O) groups excluding carboxylic acids is 2. The number of hydrogen-bond acceptors (Lipinski definition) is 3. The van der Waals surface area contributed by atoms with Gasteiger partial charge in [-0.25, -0.2) is 0 Å². The van der Waals surface area contributed by atoms with Crippen LogP contribution in [0.4, 0.5) is 11.4 Å². The molecule has 0 unspecified atom stereocenters. The normalized spacial score (nSPS) is 10.7. The van der Waals surface area contributed by atoms with Gasteiger partial charge in [0, 0.05) is 31.3 Å². The number of carbonyl (C=O) groups is 2. The maximum atomic E-state index is 12.7. The van der Waals surface area contributed by atoms with Gasteiger partial charge in [-0.1, -0.05) is 52.0 Å². The Morgan fingerprint density at radius 3 is 2.14 bits per heavy atom. The highest BCUT2D eigenvalue weighted by atomic mass is 16.2. The van der Waals surface area contributed by atoms with Gasteiger partial charge < -0.3 is 10.2 Å². The van der Waals surface area contributed by atoms with Gasteiger partial charge in [-0.05, 0) is 41.2 Å². The van der Waals surface area contributed by atoms with Crippen LogP contribution in [0.25, 0.3) is 0 Å². The van der Waals surface area contributed by atoms with Crippen molar-refractivity contribution in [3.05, 3.63) is 59.2 Å². The first-order valence-corrected chi connectivity index (χ1v) is 9.95. The first-order chi connectivity index (χ1) is 13.7. The van der Waals surface area contributed by atoms with E-state index in [0.29, 0.717) is 11.3 Å². The molecule has 0 aliphatic rings. The molecule has 0 heterocycles. The molecule has 2 amide bonds. The summed E-state index contributed by atoms with van der Waals surface area (Å²) in [6.45, 7) is 10.1. The van der Waals surface area contributed by atoms with Crippen LogP contribution in [0, 0.1) is 11.3 Å². The lowest BCUT2D eigenvalue weighted by atomic mass is 9.92. The van der Waals surface area contributed by atoms with Crippen molar-refractivity contribution >= 4 is 23.2 Å². The van der Waals surface area contributed by atoms with Gasteiger partial charge in [-0.15, -0.1) is 0 Å². The van der Waals surface area contributed by atoms with Gasteiger partial charge in [-0.3, -0.25) is 9.59 Å². The lowest BCUT2D eigenvalue weighted by molar-refractivity contribution is -0.117. The lowest BCUT2D eigenvalue weighted by Gasteiger charge is -2.23. The van der Waals surface area contributed by atoms with Crippen molar-refractivity contribution < 1.29 is 9.59 Å². The van der Waals surface area contributed by atoms with Crippen LogP contribution in [-0.2, 0) is 9.59 Å². The molecule has 0 atom stereocenters. The summed E-state index contributed by atoms with van der Waals surface area (Å²) in [5.74, 6) is 0.263. The average molecular weight is 392 g/mol. The minimum atomic E-state index is -0.168. The second-order valence-electron chi connectivity index (χ2n) is 7.75. The zero-order valence-electron chi connectivity index (χ0n) is 17.8. The first-order valence-electron chi connectivity index (χ1n) is 9.95. The summed E-state index contributed by atoms with van der Waals surface area (Å²) in [6, 6.07) is 15.0. The van der Waals surface area contributed by atoms with Gasteiger partial charge in [0.2, 0.25) is 11.8 Å². The quantitative estimate of drug-likeness (QED) is 0.706. The molecule has 0 aliphatic heterocycles. The van der Waals surface area contributed by atoms with Gasteiger partial charge >= 0.3 is 0 Å². The Hall–Kier alpha value is -3.13. The molecule has 2 aromatic carbocycles. The minimum absolute atomic E-state index is 0.136. The molecular formula is C24H29N3O2. The van der Waals surface area contributed by atoms with Crippen molar-refractivity contribution in [1.82, 2.24) is 0 Å². The van der Waals surface area contributed by atoms with Crippen LogP contribution < -0.4 is 10.2 Å². The predicted molar refractivity (Wildman–Crippen MR) is 117 cm³/mol. The molecule has 0 spiro atoms. The fourth-order valence-corrected chi connectivity index (χ4v) is 3.32. The number of amides is 2. The van der Waals surface area contributed by atoms with Crippen molar-refractivity contribution in [1.29, 1.82) is 5.26 Å². The number of nitrogens with zero attached hydrogens (tertiary/aromatic N) is 2. The summed E-state index contributed by atoms with van der Waals surface area (Å²) in [5, 5.41) is 12.2. The number of rotatable bonds is 7. The Labute approximate surface area is 173 Å². The Kier molecular flexibility index (Phi) is 7.55. The van der Waals surface area contributed by atoms with Crippen LogP contribution in [0.15, 0.2) is 42.5 Å². The monoisotopic (exact) mass is 391 g/mol. The highest BCUT2D eigenvalue weighted by Gasteiger charge is 2.18. The van der Waals surface area contributed by atoms with E-state index in [4.69, 9.17) is 5.26 Å². The molecule has 2 rings (SSSR count). The van der Waals surface area contributed by atoms with Gasteiger partial charge in [-0.2, -0.15) is 5.26 Å². The summed E-state index contributed by atoms with van der Waals surface area (Å²) in [4.78, 5) is 26.4. The Bertz CT molecular complexity index is 900. The standard InChI is InChI=1S/C24H29N3O2/c1-16(2)21-10-7-11-22(17(3)4)24(21)26-23(29)12-13-27(18(5)28)20-9-6-8-19(14-20)15-25/h6-11,14,16-17H,12-13H2,1-5H3,(H,26,29). The highest BCUT2D eigenvalue weighted by molar-refractivity contribution is 5.95. The van der Waals surface area contributed by atoms with Gasteiger partial charge in [0.1, 0.15) is 0 Å². The Balaban J connectivity index is 2.18. The van der Waals surface area contributed by atoms with Crippen molar-refractivity contribution in [2.24, 2.45) is 0 Å². The summed E-state index contributed by atoms with van der Waals surface area (Å²) in [6.07, 6.45) is 0.167. The summed E-state index contributed by atoms with van der Waals surface area (Å²) < 4.78 is 0. The number of hydrogen-bond donors (Lipinski definition) is 1. The van der Waals surface area contributed by atoms with Crippen LogP contribution in [0.1, 0.15) is 69.6 Å². The first kappa shape index (κ1) is 22.2. The third-order valence-corrected chi connectivity index (χ3v) is 4.87. The summed E-state index contributed by atoms with van der Waals surface area (Å²) in [5.41, 5.74) is 4.19. The maximum absolute atomic E-state index is 12.7. The molecule has 152 valence electrons. The largest absolute Gasteiger partial charge is 0.326 e. The Morgan fingerprint density at radius 1 is 1.03 bits per heavy atom. The molecule has 5 nitrogen and oxygen atoms in total. The molecule has 0 fully saturated rings. The summed E-state index contributed by atoms with van der Waals surface area (Å²) >= 11 is 0. The van der Waals surface area contributed by atoms with Crippen LogP contribution in [0.2, 0.25) is 0 Å². The lowest BCUT2D eigenvalue weighted by Crippen LogP contribution is -2.32. The van der Waals surface area contributed by atoms with Gasteiger partial charge in [0.25, 0.3) is 0 Å². The zero-order valence-corrected chi connectivity index (χ0v) is 17.8. The number of para-hydroxylation sites is 1. The van der Waals surface area contributed by atoms with Crippen LogP contribution >= 0.6 is 0 Å². The molecular weight excluding hydrogens is 362 g/mol. The summed E-state index contributed by atoms with van der Waals surface area (Å²) in [7, 11) is 0. The fourth-order valence-electron chi connectivity index (χ4n) is 3.32. The van der Waals surface area contributed by atoms with Crippen molar-refractivity contribution in [2.75, 3.05) is 16.8 Å². The topological polar surface area (TPSA) is 73.2 Å². The number of nitrogens with one attached hydrogen (secondary N) is 1. The van der Waals surface area contributed by atoms with E-state index in [0.717, 1.165) is 16.8 Å². The third kappa shape index (κ3) is 5.68. The van der Waals surface area contributed by atoms with Crippen LogP contribution in [-0.4, -0.2) is 18.4 Å². The van der Waals surface area contributed by atoms with Crippen molar-refractivity contribution in [2.45, 2.75) is 52.9 Å². The minimum Gasteiger partial charge on any atom is -0.326 e. The zero-order chi connectivity index (χ0) is 21.6. The van der Waals surface area contributed by atoms with E-state index in [1.54, 1.807) is 24.3 Å². The van der Waals surface area contributed by atoms with E-state index in [9.17, 15) is 9.59 Å². The fraction of sp³-hybridized carbons (Fsp3) is 0.375. The molecule has 1 N–H and O–H groups in total. The average Bonchev–Trinajstić information content (AvgIpc) is 2.67. The van der Waals surface area contributed by atoms with E-state index < -0.39 is 0 Å². The highest BCUT2D eigenvalue weighted by Crippen LogP contribution is 2.32. The molecule has 29 heavy (non-hydrogen) atoms. The smallest absolute Gasteiger partial charge is 0.226 e. The predicted octanol–water partition coefficient (Wildman–Crippen LogP) is 5.19. The van der Waals surface area contributed by atoms with E-state index in [2.05, 4.69) is 39.1 Å². The van der Waals surface area contributed by atoms with E-state index in [-0.39, 0.29) is 36.6 Å². The molecule has 0 aromatic heterocycles. The maximum Gasteiger partial charge on any atom is 0.226 e. The van der Waals surface area contributed by atoms with Crippen molar-refractivity contribution in [3.63, 3.8) is 0 Å². The van der Waals surface area contributed by atoms with Crippen LogP contribution in [0.3, 0.4) is 0 Å².